The lowest BCUT2D eigenvalue weighted by Gasteiger charge is -2.40. The van der Waals surface area contributed by atoms with E-state index in [1.54, 1.807) is 24.0 Å². The number of halogens is 2. The lowest BCUT2D eigenvalue weighted by atomic mass is 10.1. The van der Waals surface area contributed by atoms with Gasteiger partial charge in [-0.25, -0.2) is 18.3 Å². The van der Waals surface area contributed by atoms with Crippen LogP contribution in [0.15, 0.2) is 54.7 Å². The Kier molecular flexibility index (Phi) is 7.62. The highest BCUT2D eigenvalue weighted by Gasteiger charge is 2.36. The Balaban J connectivity index is 1.27. The van der Waals surface area contributed by atoms with Crippen LogP contribution in [-0.4, -0.2) is 71.9 Å². The molecule has 0 amide bonds. The minimum atomic E-state index is -2.58. The molecule has 0 spiro atoms. The van der Waals surface area contributed by atoms with E-state index in [1.807, 2.05) is 0 Å². The zero-order valence-corrected chi connectivity index (χ0v) is 21.5. The summed E-state index contributed by atoms with van der Waals surface area (Å²) < 4.78 is 33.1. The quantitative estimate of drug-likeness (QED) is 0.232. The van der Waals surface area contributed by atoms with Crippen molar-refractivity contribution >= 4 is 23.3 Å². The number of anilines is 2. The third-order valence-corrected chi connectivity index (χ3v) is 6.57. The Morgan fingerprint density at radius 3 is 2.59 bits per heavy atom. The van der Waals surface area contributed by atoms with Crippen LogP contribution in [0.1, 0.15) is 23.4 Å². The van der Waals surface area contributed by atoms with Crippen molar-refractivity contribution in [3.63, 3.8) is 0 Å². The van der Waals surface area contributed by atoms with Crippen LogP contribution in [0.3, 0.4) is 0 Å². The molecule has 14 nitrogen and oxygen atoms in total. The van der Waals surface area contributed by atoms with Gasteiger partial charge in [0.1, 0.15) is 30.2 Å². The number of aromatic nitrogens is 6. The molecule has 0 aliphatic carbocycles. The molecule has 0 unspecified atom stereocenters. The van der Waals surface area contributed by atoms with Crippen LogP contribution < -0.4 is 14.5 Å². The summed E-state index contributed by atoms with van der Waals surface area (Å²) in [7, 11) is 0. The molecular formula is C25H23F2N9O5. The highest BCUT2D eigenvalue weighted by atomic mass is 19.3. The van der Waals surface area contributed by atoms with Crippen LogP contribution in [0.5, 0.6) is 5.88 Å². The average molecular weight is 568 g/mol. The lowest BCUT2D eigenvalue weighted by Crippen LogP contribution is -2.57. The molecular weight excluding hydrogens is 544 g/mol. The van der Waals surface area contributed by atoms with E-state index in [1.165, 1.54) is 52.2 Å². The van der Waals surface area contributed by atoms with Crippen molar-refractivity contribution < 1.29 is 28.3 Å². The number of carboxylic acid groups (broad SMARTS) is 1. The second-order valence-corrected chi connectivity index (χ2v) is 9.04. The number of nitrogens with zero attached hydrogens (tertiary/aromatic N) is 9. The van der Waals surface area contributed by atoms with E-state index in [0.717, 1.165) is 0 Å². The Morgan fingerprint density at radius 1 is 1.15 bits per heavy atom. The number of hydrogen-bond donors (Lipinski definition) is 1. The van der Waals surface area contributed by atoms with Crippen molar-refractivity contribution in [3.05, 3.63) is 81.8 Å². The van der Waals surface area contributed by atoms with Crippen molar-refractivity contribution in [1.82, 2.24) is 30.2 Å². The molecule has 0 bridgehead atoms. The van der Waals surface area contributed by atoms with Gasteiger partial charge in [-0.2, -0.15) is 0 Å². The molecule has 0 radical (unpaired) electrons. The van der Waals surface area contributed by atoms with Gasteiger partial charge < -0.3 is 29.8 Å². The standard InChI is InChI=1S/C25H23F2N9O5/c1-15-20(35(32-29-15)17-6-4-16(5-7-17)23(26)27)14-41-22-9-8-21(30-31-22)33-11-12-34(19(13-33)25(37)38)18-3-2-10-28-24(18)36(39)40/h2-10,19,23H,11-14H2,1H3,(H,37,38)/t19-/m0/s1. The predicted molar refractivity (Wildman–Crippen MR) is 139 cm³/mol. The SMILES string of the molecule is Cc1nnn(-c2ccc(C(F)F)cc2)c1COc1ccc(N2CCN(c3cccnc3[N+](=O)[O-])[C@H](C(=O)O)C2)nn1. The van der Waals surface area contributed by atoms with Gasteiger partial charge in [-0.05, 0) is 47.2 Å². The number of aliphatic carboxylic acids is 1. The molecule has 212 valence electrons. The molecule has 1 N–H and O–H groups in total. The number of piperazine rings is 1. The lowest BCUT2D eigenvalue weighted by molar-refractivity contribution is -0.388. The van der Waals surface area contributed by atoms with E-state index < -0.39 is 29.2 Å². The van der Waals surface area contributed by atoms with E-state index in [9.17, 15) is 28.8 Å². The van der Waals surface area contributed by atoms with Crippen molar-refractivity contribution in [3.8, 4) is 11.6 Å². The molecule has 4 aromatic rings. The Hall–Kier alpha value is -5.28. The molecule has 1 aliphatic heterocycles. The number of aryl methyl sites for hydroxylation is 1. The molecule has 0 saturated carbocycles. The van der Waals surface area contributed by atoms with Crippen LogP contribution in [0.2, 0.25) is 0 Å². The summed E-state index contributed by atoms with van der Waals surface area (Å²) in [5.74, 6) is -0.963. The molecule has 1 saturated heterocycles. The van der Waals surface area contributed by atoms with E-state index in [0.29, 0.717) is 29.4 Å². The molecule has 1 aromatic carbocycles. The number of benzene rings is 1. The third kappa shape index (κ3) is 5.70. The van der Waals surface area contributed by atoms with Gasteiger partial charge in [0.2, 0.25) is 5.88 Å². The minimum Gasteiger partial charge on any atom is -0.480 e. The van der Waals surface area contributed by atoms with Gasteiger partial charge in [-0.3, -0.25) is 0 Å². The second kappa shape index (κ2) is 11.4. The van der Waals surface area contributed by atoms with Gasteiger partial charge in [0.25, 0.3) is 6.43 Å². The molecule has 16 heteroatoms. The molecule has 3 aromatic heterocycles. The number of ether oxygens (including phenoxy) is 1. The molecule has 41 heavy (non-hydrogen) atoms. The number of nitro groups is 1. The Morgan fingerprint density at radius 2 is 1.93 bits per heavy atom. The van der Waals surface area contributed by atoms with E-state index in [4.69, 9.17) is 4.74 Å². The highest BCUT2D eigenvalue weighted by molar-refractivity contribution is 5.81. The van der Waals surface area contributed by atoms with Crippen LogP contribution in [0, 0.1) is 17.0 Å². The van der Waals surface area contributed by atoms with Crippen LogP contribution in [0.4, 0.5) is 26.1 Å². The fraction of sp³-hybridized carbons (Fsp3) is 0.280. The van der Waals surface area contributed by atoms with Gasteiger partial charge in [-0.1, -0.05) is 17.3 Å². The summed E-state index contributed by atoms with van der Waals surface area (Å²) >= 11 is 0. The topological polar surface area (TPSA) is 166 Å². The number of carbonyl (C=O) groups is 1. The van der Waals surface area contributed by atoms with Crippen molar-refractivity contribution in [2.75, 3.05) is 29.4 Å². The van der Waals surface area contributed by atoms with Gasteiger partial charge in [-0.15, -0.1) is 15.3 Å². The maximum atomic E-state index is 12.9. The molecule has 1 aliphatic rings. The fourth-order valence-corrected chi connectivity index (χ4v) is 4.46. The zero-order chi connectivity index (χ0) is 29.1. The summed E-state index contributed by atoms with van der Waals surface area (Å²) in [5, 5.41) is 37.7. The highest BCUT2D eigenvalue weighted by Crippen LogP contribution is 2.30. The first kappa shape index (κ1) is 27.3. The summed E-state index contributed by atoms with van der Waals surface area (Å²) in [4.78, 5) is 29.8. The summed E-state index contributed by atoms with van der Waals surface area (Å²) in [6.45, 7) is 2.28. The van der Waals surface area contributed by atoms with E-state index in [-0.39, 0.29) is 36.8 Å². The number of hydrogen-bond acceptors (Lipinski definition) is 11. The Labute approximate surface area is 231 Å². The summed E-state index contributed by atoms with van der Waals surface area (Å²) in [6, 6.07) is 10.8. The van der Waals surface area contributed by atoms with Crippen molar-refractivity contribution in [2.24, 2.45) is 0 Å². The Bertz CT molecular complexity index is 1550. The summed E-state index contributed by atoms with van der Waals surface area (Å²) in [6.07, 6.45) is -1.29. The maximum Gasteiger partial charge on any atom is 0.387 e. The first-order chi connectivity index (χ1) is 19.7. The van der Waals surface area contributed by atoms with Gasteiger partial charge in [0.15, 0.2) is 5.82 Å². The molecule has 1 atom stereocenters. The van der Waals surface area contributed by atoms with E-state index >= 15 is 0 Å². The fourth-order valence-electron chi connectivity index (χ4n) is 4.46. The van der Waals surface area contributed by atoms with Crippen molar-refractivity contribution in [2.45, 2.75) is 26.0 Å². The molecule has 5 rings (SSSR count). The number of rotatable bonds is 9. The largest absolute Gasteiger partial charge is 0.480 e. The molecule has 1 fully saturated rings. The van der Waals surface area contributed by atoms with Crippen molar-refractivity contribution in [1.29, 1.82) is 0 Å². The first-order valence-corrected chi connectivity index (χ1v) is 12.3. The third-order valence-electron chi connectivity index (χ3n) is 6.57. The van der Waals surface area contributed by atoms with Gasteiger partial charge in [0.05, 0.1) is 17.9 Å². The zero-order valence-electron chi connectivity index (χ0n) is 21.5. The first-order valence-electron chi connectivity index (χ1n) is 12.3. The van der Waals surface area contributed by atoms with Gasteiger partial charge >= 0.3 is 11.8 Å². The number of carboxylic acids is 1. The second-order valence-electron chi connectivity index (χ2n) is 9.04. The van der Waals surface area contributed by atoms with Crippen LogP contribution >= 0.6 is 0 Å². The van der Waals surface area contributed by atoms with E-state index in [2.05, 4.69) is 25.5 Å². The normalized spacial score (nSPS) is 15.3. The monoisotopic (exact) mass is 567 g/mol. The van der Waals surface area contributed by atoms with Crippen LogP contribution in [-0.2, 0) is 11.4 Å². The number of alkyl halides is 2. The maximum absolute atomic E-state index is 12.9. The number of pyridine rings is 1. The minimum absolute atomic E-state index is 0.00463. The summed E-state index contributed by atoms with van der Waals surface area (Å²) in [5.41, 5.74) is 1.74. The smallest absolute Gasteiger partial charge is 0.387 e. The predicted octanol–water partition coefficient (Wildman–Crippen LogP) is 2.97. The molecule has 4 heterocycles. The van der Waals surface area contributed by atoms with Crippen LogP contribution in [0.25, 0.3) is 5.69 Å². The average Bonchev–Trinajstić information content (AvgIpc) is 3.35. The van der Waals surface area contributed by atoms with Gasteiger partial charge in [0, 0.05) is 24.7 Å².